The zero-order valence-electron chi connectivity index (χ0n) is 17.0. The lowest BCUT2D eigenvalue weighted by Crippen LogP contribution is -2.43. The molecule has 0 aliphatic rings. The third-order valence-electron chi connectivity index (χ3n) is 4.72. The highest BCUT2D eigenvalue weighted by molar-refractivity contribution is 7.98. The molecule has 1 N–H and O–H groups in total. The average molecular weight is 427 g/mol. The largest absolute Gasteiger partial charge is 0.496 e. The molecule has 158 valence electrons. The molecule has 2 aromatic carbocycles. The molecule has 0 saturated heterocycles. The number of hydrogen-bond donors (Lipinski definition) is 1. The van der Waals surface area contributed by atoms with Gasteiger partial charge in [-0.05, 0) is 49.4 Å². The zero-order valence-corrected chi connectivity index (χ0v) is 17.9. The second-order valence-corrected chi connectivity index (χ2v) is 7.47. The van der Waals surface area contributed by atoms with Gasteiger partial charge in [0.25, 0.3) is 0 Å². The van der Waals surface area contributed by atoms with Crippen LogP contribution in [0, 0.1) is 6.92 Å². The predicted octanol–water partition coefficient (Wildman–Crippen LogP) is 5.14. The first-order chi connectivity index (χ1) is 13.6. The molecule has 0 radical (unpaired) electrons. The van der Waals surface area contributed by atoms with E-state index in [2.05, 4.69) is 4.99 Å². The van der Waals surface area contributed by atoms with Crippen LogP contribution in [0.4, 0.5) is 18.9 Å². The van der Waals surface area contributed by atoms with Gasteiger partial charge in [0.15, 0.2) is 0 Å². The molecule has 4 nitrogen and oxygen atoms in total. The summed E-state index contributed by atoms with van der Waals surface area (Å²) in [7, 11) is 3.11. The van der Waals surface area contributed by atoms with Crippen LogP contribution < -0.4 is 4.74 Å². The fraction of sp³-hybridized carbons (Fsp3) is 0.381. The Labute approximate surface area is 173 Å². The highest BCUT2D eigenvalue weighted by Gasteiger charge is 2.57. The minimum atomic E-state index is -4.96. The van der Waals surface area contributed by atoms with Gasteiger partial charge < -0.3 is 14.7 Å². The van der Waals surface area contributed by atoms with E-state index in [0.717, 1.165) is 11.4 Å². The molecule has 0 aliphatic carbocycles. The summed E-state index contributed by atoms with van der Waals surface area (Å²) in [5.74, 6) is -0.0873. The molecule has 0 aromatic heterocycles. The Balaban J connectivity index is 2.67. The van der Waals surface area contributed by atoms with Crippen LogP contribution in [0.3, 0.4) is 0 Å². The van der Waals surface area contributed by atoms with Crippen molar-refractivity contribution in [3.8, 4) is 5.75 Å². The van der Waals surface area contributed by atoms with Crippen LogP contribution in [0.1, 0.15) is 23.6 Å². The van der Waals surface area contributed by atoms with Crippen LogP contribution in [0.15, 0.2) is 46.3 Å². The van der Waals surface area contributed by atoms with E-state index in [-0.39, 0.29) is 16.9 Å². The van der Waals surface area contributed by atoms with Crippen LogP contribution >= 0.6 is 11.8 Å². The molecule has 0 saturated carbocycles. The van der Waals surface area contributed by atoms with Crippen LogP contribution in [0.5, 0.6) is 5.75 Å². The quantitative estimate of drug-likeness (QED) is 0.379. The van der Waals surface area contributed by atoms with E-state index in [9.17, 15) is 18.3 Å². The van der Waals surface area contributed by atoms with Gasteiger partial charge in [-0.2, -0.15) is 13.2 Å². The van der Waals surface area contributed by atoms with Gasteiger partial charge in [-0.3, -0.25) is 0 Å². The first-order valence-corrected chi connectivity index (χ1v) is 10.2. The van der Waals surface area contributed by atoms with Gasteiger partial charge >= 0.3 is 6.18 Å². The molecule has 0 bridgehead atoms. The van der Waals surface area contributed by atoms with E-state index in [0.29, 0.717) is 11.3 Å². The maximum atomic E-state index is 14.2. The lowest BCUT2D eigenvalue weighted by Gasteiger charge is -2.33. The summed E-state index contributed by atoms with van der Waals surface area (Å²) in [6, 6.07) is 8.38. The van der Waals surface area contributed by atoms with Gasteiger partial charge in [-0.25, -0.2) is 4.99 Å². The summed E-state index contributed by atoms with van der Waals surface area (Å²) in [5, 5.41) is 11.0. The van der Waals surface area contributed by atoms with Crippen LogP contribution in [-0.4, -0.2) is 49.5 Å². The number of halogens is 3. The third-order valence-corrected chi connectivity index (χ3v) is 5.46. The molecule has 0 aliphatic heterocycles. The number of benzene rings is 2. The highest BCUT2D eigenvalue weighted by Crippen LogP contribution is 2.48. The van der Waals surface area contributed by atoms with Gasteiger partial charge in [0.1, 0.15) is 5.75 Å². The minimum Gasteiger partial charge on any atom is -0.496 e. The second kappa shape index (κ2) is 9.09. The molecule has 1 atom stereocenters. The number of aliphatic imine (C=N–C) groups is 1. The third kappa shape index (κ3) is 4.70. The maximum absolute atomic E-state index is 14.2. The van der Waals surface area contributed by atoms with Crippen molar-refractivity contribution in [3.05, 3.63) is 53.1 Å². The van der Waals surface area contributed by atoms with Gasteiger partial charge in [0.05, 0.1) is 19.1 Å². The number of thioether (sulfide) groups is 1. The van der Waals surface area contributed by atoms with Gasteiger partial charge in [-0.15, -0.1) is 11.8 Å². The Kier molecular flexibility index (Phi) is 7.24. The van der Waals surface area contributed by atoms with Crippen LogP contribution in [-0.2, 0) is 5.60 Å². The highest BCUT2D eigenvalue weighted by atomic mass is 32.2. The Bertz CT molecular complexity index is 869. The summed E-state index contributed by atoms with van der Waals surface area (Å²) in [6.45, 7) is 4.33. The van der Waals surface area contributed by atoms with Crippen molar-refractivity contribution in [2.45, 2.75) is 30.5 Å². The lowest BCUT2D eigenvalue weighted by molar-refractivity contribution is -0.248. The van der Waals surface area contributed by atoms with E-state index < -0.39 is 11.8 Å². The molecule has 0 amide bonds. The van der Waals surface area contributed by atoms with Crippen molar-refractivity contribution in [2.75, 3.05) is 27.0 Å². The molecule has 1 unspecified atom stereocenters. The summed E-state index contributed by atoms with van der Waals surface area (Å²) in [5.41, 5.74) is -2.91. The van der Waals surface area contributed by atoms with E-state index >= 15 is 0 Å². The molecular formula is C21H25F3N2O2S. The minimum absolute atomic E-state index is 0.0873. The van der Waals surface area contributed by atoms with Gasteiger partial charge in [0, 0.05) is 30.1 Å². The van der Waals surface area contributed by atoms with Gasteiger partial charge in [-0.1, -0.05) is 12.1 Å². The fourth-order valence-electron chi connectivity index (χ4n) is 2.81. The first-order valence-electron chi connectivity index (χ1n) is 8.95. The Morgan fingerprint density at radius 3 is 2.31 bits per heavy atom. The molecule has 8 heteroatoms. The van der Waals surface area contributed by atoms with E-state index in [1.807, 2.05) is 25.1 Å². The Hall–Kier alpha value is -2.19. The summed E-state index contributed by atoms with van der Waals surface area (Å²) < 4.78 is 47.7. The number of ether oxygens (including phenoxy) is 1. The number of aliphatic hydroxyl groups is 1. The molecule has 0 heterocycles. The van der Waals surface area contributed by atoms with Crippen LogP contribution in [0.25, 0.3) is 0 Å². The Morgan fingerprint density at radius 2 is 1.83 bits per heavy atom. The number of rotatable bonds is 7. The smallest absolute Gasteiger partial charge is 0.425 e. The normalized spacial score (nSPS) is 14.1. The van der Waals surface area contributed by atoms with Gasteiger partial charge in [0.2, 0.25) is 5.60 Å². The van der Waals surface area contributed by atoms with Crippen molar-refractivity contribution in [1.82, 2.24) is 4.90 Å². The maximum Gasteiger partial charge on any atom is 0.425 e. The molecule has 0 spiro atoms. The summed E-state index contributed by atoms with van der Waals surface area (Å²) in [6.07, 6.45) is -1.54. The van der Waals surface area contributed by atoms with Crippen LogP contribution in [0.2, 0.25) is 0 Å². The molecule has 29 heavy (non-hydrogen) atoms. The average Bonchev–Trinajstić information content (AvgIpc) is 2.70. The number of methoxy groups -OCH3 is 1. The second-order valence-electron chi connectivity index (χ2n) is 6.59. The fourth-order valence-corrected chi connectivity index (χ4v) is 3.22. The van der Waals surface area contributed by atoms with Crippen molar-refractivity contribution < 1.29 is 23.0 Å². The van der Waals surface area contributed by atoms with E-state index in [1.165, 1.54) is 43.1 Å². The number of aryl methyl sites for hydroxylation is 1. The molecule has 2 aromatic rings. The van der Waals surface area contributed by atoms with Crippen molar-refractivity contribution in [3.63, 3.8) is 0 Å². The Morgan fingerprint density at radius 1 is 1.21 bits per heavy atom. The van der Waals surface area contributed by atoms with Crippen molar-refractivity contribution in [2.24, 2.45) is 4.99 Å². The topological polar surface area (TPSA) is 45.1 Å². The first kappa shape index (κ1) is 23.1. The standard InChI is InChI=1S/C21H25F3N2O2S/c1-6-26(3)13-25-18-12-19(28-4)17(11-14(18)2)20(27,21(22,23)24)15-7-9-16(29-5)10-8-15/h7-13,27H,6H2,1-5H3. The number of nitrogens with zero attached hydrogens (tertiary/aromatic N) is 2. The molecular weight excluding hydrogens is 401 g/mol. The SMILES string of the molecule is CCN(C)C=Nc1cc(OC)c(C(O)(c2ccc(SC)cc2)C(F)(F)F)cc1C. The predicted molar refractivity (Wildman–Crippen MR) is 111 cm³/mol. The van der Waals surface area contributed by atoms with Crippen molar-refractivity contribution in [1.29, 1.82) is 0 Å². The number of alkyl halides is 3. The van der Waals surface area contributed by atoms with E-state index in [4.69, 9.17) is 4.74 Å². The summed E-state index contributed by atoms with van der Waals surface area (Å²) in [4.78, 5) is 6.95. The molecule has 2 rings (SSSR count). The summed E-state index contributed by atoms with van der Waals surface area (Å²) >= 11 is 1.41. The van der Waals surface area contributed by atoms with Crippen molar-refractivity contribution >= 4 is 23.8 Å². The van der Waals surface area contributed by atoms with E-state index in [1.54, 1.807) is 25.4 Å². The molecule has 0 fully saturated rings. The lowest BCUT2D eigenvalue weighted by atomic mass is 9.84. The monoisotopic (exact) mass is 426 g/mol. The zero-order chi connectivity index (χ0) is 21.8. The number of hydrogen-bond acceptors (Lipinski definition) is 4.